The molecule has 1 N–H and O–H groups in total. The van der Waals surface area contributed by atoms with Crippen molar-refractivity contribution in [3.8, 4) is 11.5 Å². The standard InChI is InChI=1S/C23H34ClN3O4/c1-15-9-16(2)13-27(12-15)23(29)17-5-7-26(8-6-17)14-22(28)25-19-10-18(24)20(30-3)11-21(19)31-4/h10-11,15-17H,5-9,12-14H2,1-4H3,(H,25,28)/t15-,16-/m0/s1. The molecule has 0 aromatic heterocycles. The Balaban J connectivity index is 1.50. The van der Waals surface area contributed by atoms with Gasteiger partial charge in [0.25, 0.3) is 0 Å². The number of carbonyl (C=O) groups excluding carboxylic acids is 2. The number of piperidine rings is 2. The van der Waals surface area contributed by atoms with Crippen molar-refractivity contribution in [3.63, 3.8) is 0 Å². The van der Waals surface area contributed by atoms with Crippen molar-refractivity contribution >= 4 is 29.1 Å². The Hall–Kier alpha value is -1.99. The molecule has 2 amide bonds. The number of methoxy groups -OCH3 is 2. The number of likely N-dealkylation sites (tertiary alicyclic amines) is 2. The molecule has 2 atom stereocenters. The van der Waals surface area contributed by atoms with Gasteiger partial charge in [-0.2, -0.15) is 0 Å². The molecule has 172 valence electrons. The van der Waals surface area contributed by atoms with E-state index in [0.29, 0.717) is 40.0 Å². The van der Waals surface area contributed by atoms with Gasteiger partial charge in [0.1, 0.15) is 11.5 Å². The van der Waals surface area contributed by atoms with Crippen molar-refractivity contribution in [3.05, 3.63) is 17.2 Å². The monoisotopic (exact) mass is 451 g/mol. The predicted molar refractivity (Wildman–Crippen MR) is 122 cm³/mol. The molecule has 31 heavy (non-hydrogen) atoms. The summed E-state index contributed by atoms with van der Waals surface area (Å²) in [4.78, 5) is 29.7. The van der Waals surface area contributed by atoms with Gasteiger partial charge in [0.15, 0.2) is 0 Å². The van der Waals surface area contributed by atoms with E-state index in [9.17, 15) is 9.59 Å². The van der Waals surface area contributed by atoms with Gasteiger partial charge >= 0.3 is 0 Å². The fraction of sp³-hybridized carbons (Fsp3) is 0.652. The first-order chi connectivity index (χ1) is 14.8. The third-order valence-electron chi connectivity index (χ3n) is 6.23. The normalized spacial score (nSPS) is 22.8. The number of anilines is 1. The molecule has 0 saturated carbocycles. The quantitative estimate of drug-likeness (QED) is 0.716. The Morgan fingerprint density at radius 2 is 1.68 bits per heavy atom. The van der Waals surface area contributed by atoms with E-state index in [1.165, 1.54) is 20.6 Å². The lowest BCUT2D eigenvalue weighted by Gasteiger charge is -2.39. The molecule has 7 nitrogen and oxygen atoms in total. The molecule has 0 bridgehead atoms. The first-order valence-electron chi connectivity index (χ1n) is 11.0. The lowest BCUT2D eigenvalue weighted by atomic mass is 9.89. The average molecular weight is 452 g/mol. The topological polar surface area (TPSA) is 71.1 Å². The Bertz CT molecular complexity index is 785. The minimum Gasteiger partial charge on any atom is -0.495 e. The molecular weight excluding hydrogens is 418 g/mol. The minimum atomic E-state index is -0.136. The van der Waals surface area contributed by atoms with E-state index in [4.69, 9.17) is 21.1 Å². The van der Waals surface area contributed by atoms with Crippen LogP contribution in [0.2, 0.25) is 5.02 Å². The number of rotatable bonds is 6. The first kappa shape index (κ1) is 23.7. The second kappa shape index (κ2) is 10.6. The number of nitrogens with one attached hydrogen (secondary N) is 1. The van der Waals surface area contributed by atoms with Gasteiger partial charge < -0.3 is 19.7 Å². The fourth-order valence-corrected chi connectivity index (χ4v) is 5.03. The minimum absolute atomic E-state index is 0.0669. The molecule has 8 heteroatoms. The van der Waals surface area contributed by atoms with E-state index in [0.717, 1.165) is 39.0 Å². The highest BCUT2D eigenvalue weighted by Gasteiger charge is 2.32. The van der Waals surface area contributed by atoms with Crippen LogP contribution >= 0.6 is 11.6 Å². The van der Waals surface area contributed by atoms with E-state index in [2.05, 4.69) is 29.0 Å². The van der Waals surface area contributed by atoms with Crippen LogP contribution in [0.25, 0.3) is 0 Å². The molecule has 2 aliphatic rings. The summed E-state index contributed by atoms with van der Waals surface area (Å²) in [5.74, 6) is 2.34. The van der Waals surface area contributed by atoms with Crippen molar-refractivity contribution in [1.82, 2.24) is 9.80 Å². The number of hydrogen-bond acceptors (Lipinski definition) is 5. The number of carbonyl (C=O) groups is 2. The summed E-state index contributed by atoms with van der Waals surface area (Å²) in [5.41, 5.74) is 0.511. The van der Waals surface area contributed by atoms with Crippen LogP contribution in [0.3, 0.4) is 0 Å². The molecule has 0 radical (unpaired) electrons. The van der Waals surface area contributed by atoms with Crippen LogP contribution in [-0.4, -0.2) is 68.6 Å². The van der Waals surface area contributed by atoms with Gasteiger partial charge in [0, 0.05) is 25.1 Å². The number of ether oxygens (including phenoxy) is 2. The zero-order valence-electron chi connectivity index (χ0n) is 18.9. The van der Waals surface area contributed by atoms with Gasteiger partial charge in [0.05, 0.1) is 31.5 Å². The lowest BCUT2D eigenvalue weighted by molar-refractivity contribution is -0.139. The summed E-state index contributed by atoms with van der Waals surface area (Å²) in [6.45, 7) is 7.94. The zero-order valence-corrected chi connectivity index (χ0v) is 19.7. The van der Waals surface area contributed by atoms with Gasteiger partial charge in [-0.3, -0.25) is 14.5 Å². The predicted octanol–water partition coefficient (Wildman–Crippen LogP) is 3.51. The summed E-state index contributed by atoms with van der Waals surface area (Å²) >= 11 is 6.18. The maximum atomic E-state index is 13.0. The van der Waals surface area contributed by atoms with E-state index in [1.54, 1.807) is 12.1 Å². The maximum absolute atomic E-state index is 13.0. The molecule has 0 unspecified atom stereocenters. The van der Waals surface area contributed by atoms with E-state index in [-0.39, 0.29) is 18.4 Å². The van der Waals surface area contributed by atoms with Crippen molar-refractivity contribution in [2.75, 3.05) is 52.3 Å². The van der Waals surface area contributed by atoms with Gasteiger partial charge in [-0.15, -0.1) is 0 Å². The first-order valence-corrected chi connectivity index (χ1v) is 11.4. The summed E-state index contributed by atoms with van der Waals surface area (Å²) in [7, 11) is 3.06. The second-order valence-corrected chi connectivity index (χ2v) is 9.38. The van der Waals surface area contributed by atoms with Crippen molar-refractivity contribution in [2.45, 2.75) is 33.1 Å². The Kier molecular flexibility index (Phi) is 8.06. The van der Waals surface area contributed by atoms with Gasteiger partial charge in [-0.05, 0) is 50.3 Å². The number of amides is 2. The van der Waals surface area contributed by atoms with Gasteiger partial charge in [-0.1, -0.05) is 25.4 Å². The molecular formula is C23H34ClN3O4. The van der Waals surface area contributed by atoms with Crippen LogP contribution in [0.5, 0.6) is 11.5 Å². The summed E-state index contributed by atoms with van der Waals surface area (Å²) in [6.07, 6.45) is 2.79. The highest BCUT2D eigenvalue weighted by Crippen LogP contribution is 2.36. The largest absolute Gasteiger partial charge is 0.495 e. The van der Waals surface area contributed by atoms with Crippen LogP contribution in [-0.2, 0) is 9.59 Å². The molecule has 0 aliphatic carbocycles. The van der Waals surface area contributed by atoms with Gasteiger partial charge in [0.2, 0.25) is 11.8 Å². The molecule has 1 aromatic rings. The molecule has 2 saturated heterocycles. The van der Waals surface area contributed by atoms with E-state index < -0.39 is 0 Å². The van der Waals surface area contributed by atoms with Gasteiger partial charge in [-0.25, -0.2) is 0 Å². The summed E-state index contributed by atoms with van der Waals surface area (Å²) in [5, 5.41) is 3.28. The highest BCUT2D eigenvalue weighted by atomic mass is 35.5. The fourth-order valence-electron chi connectivity index (χ4n) is 4.79. The van der Waals surface area contributed by atoms with Crippen molar-refractivity contribution in [2.24, 2.45) is 17.8 Å². The van der Waals surface area contributed by atoms with Crippen LogP contribution in [0.1, 0.15) is 33.1 Å². The molecule has 0 spiro atoms. The van der Waals surface area contributed by atoms with Crippen LogP contribution in [0.15, 0.2) is 12.1 Å². The molecule has 2 aliphatic heterocycles. The SMILES string of the molecule is COc1cc(OC)c(NC(=O)CN2CCC(C(=O)N3C[C@@H](C)C[C@H](C)C3)CC2)cc1Cl. The third kappa shape index (κ3) is 6.04. The summed E-state index contributed by atoms with van der Waals surface area (Å²) < 4.78 is 10.5. The maximum Gasteiger partial charge on any atom is 0.238 e. The molecule has 3 rings (SSSR count). The van der Waals surface area contributed by atoms with Crippen LogP contribution < -0.4 is 14.8 Å². The van der Waals surface area contributed by atoms with E-state index >= 15 is 0 Å². The third-order valence-corrected chi connectivity index (χ3v) is 6.53. The van der Waals surface area contributed by atoms with E-state index in [1.807, 2.05) is 0 Å². The number of benzene rings is 1. The Labute approximate surface area is 190 Å². The van der Waals surface area contributed by atoms with Crippen LogP contribution in [0.4, 0.5) is 5.69 Å². The van der Waals surface area contributed by atoms with Crippen LogP contribution in [0, 0.1) is 17.8 Å². The average Bonchev–Trinajstić information content (AvgIpc) is 2.73. The number of nitrogens with zero attached hydrogens (tertiary/aromatic N) is 2. The lowest BCUT2D eigenvalue weighted by Crippen LogP contribution is -2.48. The van der Waals surface area contributed by atoms with Crippen molar-refractivity contribution < 1.29 is 19.1 Å². The number of halogens is 1. The molecule has 2 heterocycles. The highest BCUT2D eigenvalue weighted by molar-refractivity contribution is 6.32. The Morgan fingerprint density at radius 3 is 2.26 bits per heavy atom. The summed E-state index contributed by atoms with van der Waals surface area (Å²) in [6, 6.07) is 3.28. The molecule has 2 fully saturated rings. The Morgan fingerprint density at radius 1 is 1.06 bits per heavy atom. The second-order valence-electron chi connectivity index (χ2n) is 8.97. The van der Waals surface area contributed by atoms with Crippen molar-refractivity contribution in [1.29, 1.82) is 0 Å². The smallest absolute Gasteiger partial charge is 0.238 e. The number of hydrogen-bond donors (Lipinski definition) is 1. The zero-order chi connectivity index (χ0) is 22.5. The molecule has 1 aromatic carbocycles.